The average molecular weight is 292 g/mol. The predicted molar refractivity (Wildman–Crippen MR) is 48.6 cm³/mol. The maximum Gasteiger partial charge on any atom is 1.00 e. The normalized spacial score (nSPS) is 13.4. The van der Waals surface area contributed by atoms with E-state index in [0.717, 1.165) is 18.2 Å². The van der Waals surface area contributed by atoms with Gasteiger partial charge in [0.2, 0.25) is 0 Å². The molecule has 0 radical (unpaired) electrons. The molecule has 0 amide bonds. The molecule has 82 valence electrons. The molecule has 1 aromatic rings. The quantitative estimate of drug-likeness (QED) is 0.301. The molecule has 0 aliphatic rings. The molecule has 0 saturated heterocycles. The largest absolute Gasteiger partial charge is 1.00 e. The van der Waals surface area contributed by atoms with Gasteiger partial charge in [-0.25, -0.2) is 0 Å². The van der Waals surface area contributed by atoms with Crippen LogP contribution in [-0.4, -0.2) is 9.82 Å². The SMILES string of the molecule is O=[N+]([O-])c1ccc(OP(=O)([O-])O)c(Cl)c1.[K+]. The van der Waals surface area contributed by atoms with Crippen molar-refractivity contribution in [2.75, 3.05) is 0 Å². The van der Waals surface area contributed by atoms with Crippen molar-refractivity contribution < 1.29 is 75.2 Å². The number of halogens is 1. The molecule has 0 bridgehead atoms. The van der Waals surface area contributed by atoms with Gasteiger partial charge in [-0.1, -0.05) is 11.6 Å². The molecular weight excluding hydrogens is 288 g/mol. The average Bonchev–Trinajstić information content (AvgIpc) is 2.05. The maximum atomic E-state index is 10.3. The van der Waals surface area contributed by atoms with Crippen LogP contribution in [0.2, 0.25) is 5.02 Å². The van der Waals surface area contributed by atoms with Crippen LogP contribution in [0.4, 0.5) is 5.69 Å². The van der Waals surface area contributed by atoms with E-state index in [2.05, 4.69) is 4.52 Å². The summed E-state index contributed by atoms with van der Waals surface area (Å²) in [6, 6.07) is 2.88. The topological polar surface area (TPSA) is 113 Å². The Balaban J connectivity index is 0.00000225. The van der Waals surface area contributed by atoms with Gasteiger partial charge in [-0.3, -0.25) is 14.7 Å². The number of hydrogen-bond donors (Lipinski definition) is 1. The Morgan fingerprint density at radius 3 is 2.44 bits per heavy atom. The Labute approximate surface area is 138 Å². The number of phosphoric acid groups is 1. The van der Waals surface area contributed by atoms with E-state index in [1.807, 2.05) is 0 Å². The van der Waals surface area contributed by atoms with Crippen LogP contribution >= 0.6 is 19.4 Å². The molecule has 0 aromatic heterocycles. The Morgan fingerprint density at radius 1 is 1.50 bits per heavy atom. The van der Waals surface area contributed by atoms with Crippen LogP contribution in [0.15, 0.2) is 18.2 Å². The van der Waals surface area contributed by atoms with Gasteiger partial charge < -0.3 is 14.3 Å². The molecule has 0 heterocycles. The fourth-order valence-electron chi connectivity index (χ4n) is 0.802. The van der Waals surface area contributed by atoms with Crippen molar-refractivity contribution in [1.29, 1.82) is 0 Å². The molecule has 16 heavy (non-hydrogen) atoms. The number of rotatable bonds is 3. The van der Waals surface area contributed by atoms with Gasteiger partial charge in [0.25, 0.3) is 5.69 Å². The Hall–Kier alpha value is 0.496. The Kier molecular flexibility index (Phi) is 6.63. The van der Waals surface area contributed by atoms with E-state index in [9.17, 15) is 19.6 Å². The fourth-order valence-corrected chi connectivity index (χ4v) is 1.48. The summed E-state index contributed by atoms with van der Waals surface area (Å²) in [6.45, 7) is 0. The number of non-ortho nitro benzene ring substituents is 1. The minimum atomic E-state index is -4.96. The molecule has 1 N–H and O–H groups in total. The van der Waals surface area contributed by atoms with Crippen LogP contribution in [0.25, 0.3) is 0 Å². The zero-order valence-electron chi connectivity index (χ0n) is 7.99. The van der Waals surface area contributed by atoms with Crippen LogP contribution in [0, 0.1) is 10.1 Å². The number of benzene rings is 1. The van der Waals surface area contributed by atoms with Gasteiger partial charge in [0.1, 0.15) is 5.75 Å². The molecule has 0 fully saturated rings. The zero-order valence-corrected chi connectivity index (χ0v) is 12.8. The third-order valence-corrected chi connectivity index (χ3v) is 2.06. The molecule has 0 spiro atoms. The van der Waals surface area contributed by atoms with Gasteiger partial charge in [-0.05, 0) is 6.07 Å². The van der Waals surface area contributed by atoms with Crippen molar-refractivity contribution in [2.24, 2.45) is 0 Å². The van der Waals surface area contributed by atoms with Gasteiger partial charge in [0.05, 0.1) is 9.95 Å². The molecule has 10 heteroatoms. The van der Waals surface area contributed by atoms with Crippen molar-refractivity contribution in [3.63, 3.8) is 0 Å². The second kappa shape index (κ2) is 6.43. The van der Waals surface area contributed by atoms with Crippen molar-refractivity contribution in [1.82, 2.24) is 0 Å². The van der Waals surface area contributed by atoms with Crippen LogP contribution in [0.5, 0.6) is 5.75 Å². The first-order valence-corrected chi connectivity index (χ1v) is 5.34. The molecule has 0 aliphatic heterocycles. The summed E-state index contributed by atoms with van der Waals surface area (Å²) in [7, 11) is -4.96. The monoisotopic (exact) mass is 291 g/mol. The summed E-state index contributed by atoms with van der Waals surface area (Å²) in [5.41, 5.74) is -0.314. The van der Waals surface area contributed by atoms with Crippen molar-refractivity contribution in [3.05, 3.63) is 33.3 Å². The first-order valence-electron chi connectivity index (χ1n) is 3.47. The molecule has 1 unspecified atom stereocenters. The molecule has 1 rings (SSSR count). The van der Waals surface area contributed by atoms with E-state index in [-0.39, 0.29) is 67.8 Å². The minimum absolute atomic E-state index is 0. The number of nitrogens with zero attached hydrogens (tertiary/aromatic N) is 1. The van der Waals surface area contributed by atoms with Gasteiger partial charge in [0.15, 0.2) is 0 Å². The summed E-state index contributed by atoms with van der Waals surface area (Å²) < 4.78 is 14.4. The number of hydrogen-bond acceptors (Lipinski definition) is 5. The molecule has 1 atom stereocenters. The Morgan fingerprint density at radius 2 is 2.06 bits per heavy atom. The van der Waals surface area contributed by atoms with Gasteiger partial charge in [-0.2, -0.15) is 0 Å². The second-order valence-corrected chi connectivity index (χ2v) is 3.96. The van der Waals surface area contributed by atoms with Crippen LogP contribution in [0.1, 0.15) is 0 Å². The fraction of sp³-hybridized carbons (Fsp3) is 0. The summed E-state index contributed by atoms with van der Waals surface area (Å²) in [5.74, 6) is -0.372. The summed E-state index contributed by atoms with van der Waals surface area (Å²) in [5, 5.41) is 10.0. The van der Waals surface area contributed by atoms with Crippen LogP contribution in [0.3, 0.4) is 0 Å². The van der Waals surface area contributed by atoms with Crippen LogP contribution in [-0.2, 0) is 4.57 Å². The number of phosphoric ester groups is 1. The molecular formula is C6H4ClKNO6P. The minimum Gasteiger partial charge on any atom is -0.746 e. The number of nitro groups is 1. The van der Waals surface area contributed by atoms with Gasteiger partial charge in [-0.15, -0.1) is 0 Å². The third kappa shape index (κ3) is 5.22. The summed E-state index contributed by atoms with van der Waals surface area (Å²) in [4.78, 5) is 28.3. The van der Waals surface area contributed by atoms with Crippen molar-refractivity contribution in [3.8, 4) is 5.75 Å². The van der Waals surface area contributed by atoms with Crippen molar-refractivity contribution in [2.45, 2.75) is 0 Å². The number of nitro benzene ring substituents is 1. The zero-order chi connectivity index (χ0) is 11.6. The van der Waals surface area contributed by atoms with E-state index >= 15 is 0 Å². The molecule has 7 nitrogen and oxygen atoms in total. The molecule has 1 aromatic carbocycles. The molecule has 0 aliphatic carbocycles. The van der Waals surface area contributed by atoms with E-state index in [4.69, 9.17) is 16.5 Å². The summed E-state index contributed by atoms with van der Waals surface area (Å²) in [6.07, 6.45) is 0. The van der Waals surface area contributed by atoms with Gasteiger partial charge >= 0.3 is 59.2 Å². The summed E-state index contributed by atoms with van der Waals surface area (Å²) >= 11 is 5.48. The Bertz CT molecular complexity index is 449. The van der Waals surface area contributed by atoms with E-state index in [1.54, 1.807) is 0 Å². The van der Waals surface area contributed by atoms with E-state index in [0.29, 0.717) is 0 Å². The third-order valence-electron chi connectivity index (χ3n) is 1.34. The first-order chi connectivity index (χ1) is 6.79. The second-order valence-electron chi connectivity index (χ2n) is 2.43. The first kappa shape index (κ1) is 16.5. The van der Waals surface area contributed by atoms with Gasteiger partial charge in [0, 0.05) is 12.1 Å². The van der Waals surface area contributed by atoms with Crippen LogP contribution < -0.4 is 60.8 Å². The smallest absolute Gasteiger partial charge is 0.746 e. The van der Waals surface area contributed by atoms with E-state index < -0.39 is 12.7 Å². The van der Waals surface area contributed by atoms with E-state index in [1.165, 1.54) is 0 Å². The molecule has 0 saturated carbocycles. The standard InChI is InChI=1S/C6H5ClNO6P.K/c7-5-3-4(8(9)10)1-2-6(5)14-15(11,12)13;/h1-3H,(H2,11,12,13);/q;+1/p-1. The maximum absolute atomic E-state index is 10.3. The predicted octanol–water partition coefficient (Wildman–Crippen LogP) is -1.91. The van der Waals surface area contributed by atoms with Crippen molar-refractivity contribution >= 4 is 25.1 Å².